The zero-order valence-corrected chi connectivity index (χ0v) is 14.7. The van der Waals surface area contributed by atoms with Crippen LogP contribution in [0.2, 0.25) is 10.0 Å². The third kappa shape index (κ3) is 3.47. The first-order valence-electron chi connectivity index (χ1n) is 7.75. The number of piperidine rings is 1. The van der Waals surface area contributed by atoms with Gasteiger partial charge in [-0.3, -0.25) is 9.59 Å². The number of benzene rings is 1. The molecule has 1 aliphatic heterocycles. The lowest BCUT2D eigenvalue weighted by molar-refractivity contribution is 0.0706. The zero-order chi connectivity index (χ0) is 17.3. The largest absolute Gasteiger partial charge is 0.338 e. The second-order valence-electron chi connectivity index (χ2n) is 5.99. The average Bonchev–Trinajstić information content (AvgIpc) is 2.58. The molecule has 0 spiro atoms. The summed E-state index contributed by atoms with van der Waals surface area (Å²) in [7, 11) is 0. The highest BCUT2D eigenvalue weighted by Gasteiger charge is 2.27. The van der Waals surface area contributed by atoms with Crippen LogP contribution in [0.3, 0.4) is 0 Å². The molecule has 5 nitrogen and oxygen atoms in total. The molecule has 1 fully saturated rings. The van der Waals surface area contributed by atoms with Crippen LogP contribution in [0, 0.1) is 6.92 Å². The summed E-state index contributed by atoms with van der Waals surface area (Å²) in [6.07, 6.45) is 3.16. The Bertz CT molecular complexity index is 812. The van der Waals surface area contributed by atoms with Crippen LogP contribution >= 0.6 is 23.2 Å². The van der Waals surface area contributed by atoms with Gasteiger partial charge < -0.3 is 9.88 Å². The fraction of sp³-hybridized carbons (Fsp3) is 0.353. The molecule has 0 bridgehead atoms. The van der Waals surface area contributed by atoms with E-state index in [1.54, 1.807) is 17.0 Å². The highest BCUT2D eigenvalue weighted by Crippen LogP contribution is 2.29. The number of halogens is 2. The minimum Gasteiger partial charge on any atom is -0.338 e. The lowest BCUT2D eigenvalue weighted by atomic mass is 9.94. The molecule has 3 rings (SSSR count). The fourth-order valence-corrected chi connectivity index (χ4v) is 3.45. The van der Waals surface area contributed by atoms with E-state index in [1.165, 1.54) is 12.4 Å². The molecule has 2 heterocycles. The number of rotatable bonds is 2. The number of hydrogen-bond acceptors (Lipinski definition) is 3. The number of H-pyrrole nitrogens is 1. The molecule has 1 amide bonds. The van der Waals surface area contributed by atoms with Crippen LogP contribution in [0.4, 0.5) is 0 Å². The Morgan fingerprint density at radius 3 is 2.67 bits per heavy atom. The first-order valence-corrected chi connectivity index (χ1v) is 8.51. The van der Waals surface area contributed by atoms with Crippen molar-refractivity contribution in [3.05, 3.63) is 61.7 Å². The second-order valence-corrected chi connectivity index (χ2v) is 6.81. The number of carbonyl (C=O) groups excluding carboxylic acids is 1. The van der Waals surface area contributed by atoms with Gasteiger partial charge in [-0.1, -0.05) is 23.2 Å². The summed E-state index contributed by atoms with van der Waals surface area (Å²) < 4.78 is 0. The molecule has 0 saturated carbocycles. The Hall–Kier alpha value is -1.85. The van der Waals surface area contributed by atoms with Gasteiger partial charge in [0.1, 0.15) is 0 Å². The summed E-state index contributed by atoms with van der Waals surface area (Å²) in [6.45, 7) is 3.01. The lowest BCUT2D eigenvalue weighted by Crippen LogP contribution is -2.39. The number of hydrogen-bond donors (Lipinski definition) is 1. The number of aromatic nitrogens is 2. The van der Waals surface area contributed by atoms with Crippen LogP contribution in [-0.4, -0.2) is 33.9 Å². The molecule has 1 atom stereocenters. The molecule has 0 aliphatic carbocycles. The summed E-state index contributed by atoms with van der Waals surface area (Å²) >= 11 is 12.3. The van der Waals surface area contributed by atoms with Crippen LogP contribution in [0.5, 0.6) is 0 Å². The minimum atomic E-state index is -0.180. The van der Waals surface area contributed by atoms with Crippen LogP contribution in [0.25, 0.3) is 0 Å². The minimum absolute atomic E-state index is 0.0568. The number of aromatic amines is 1. The van der Waals surface area contributed by atoms with E-state index in [9.17, 15) is 9.59 Å². The van der Waals surface area contributed by atoms with E-state index in [4.69, 9.17) is 23.2 Å². The van der Waals surface area contributed by atoms with E-state index in [-0.39, 0.29) is 17.4 Å². The van der Waals surface area contributed by atoms with Gasteiger partial charge in [0.05, 0.1) is 12.0 Å². The molecule has 126 valence electrons. The highest BCUT2D eigenvalue weighted by atomic mass is 35.5. The molecule has 24 heavy (non-hydrogen) atoms. The smallest absolute Gasteiger partial charge is 0.253 e. The topological polar surface area (TPSA) is 66.1 Å². The SMILES string of the molecule is Cc1c(Cl)cc(C(=O)N2CCC[C@H](c3cc(=O)[nH]cn3)C2)cc1Cl. The molecule has 1 aliphatic rings. The Labute approximate surface area is 149 Å². The molecular formula is C17H17Cl2N3O2. The van der Waals surface area contributed by atoms with Crippen molar-refractivity contribution in [1.82, 2.24) is 14.9 Å². The highest BCUT2D eigenvalue weighted by molar-refractivity contribution is 6.36. The first kappa shape index (κ1) is 17.0. The quantitative estimate of drug-likeness (QED) is 0.886. The standard InChI is InChI=1S/C17H17Cl2N3O2/c1-10-13(18)5-12(6-14(10)19)17(24)22-4-2-3-11(8-22)15-7-16(23)21-9-20-15/h5-7,9,11H,2-4,8H2,1H3,(H,20,21,23)/t11-/m0/s1. The van der Waals surface area contributed by atoms with Crippen molar-refractivity contribution >= 4 is 29.1 Å². The van der Waals surface area contributed by atoms with E-state index in [0.717, 1.165) is 24.1 Å². The molecule has 1 aromatic carbocycles. The molecule has 2 aromatic rings. The van der Waals surface area contributed by atoms with Crippen LogP contribution < -0.4 is 5.56 Å². The van der Waals surface area contributed by atoms with E-state index in [2.05, 4.69) is 9.97 Å². The van der Waals surface area contributed by atoms with Gasteiger partial charge in [-0.15, -0.1) is 0 Å². The predicted molar refractivity (Wildman–Crippen MR) is 93.9 cm³/mol. The van der Waals surface area contributed by atoms with Crippen LogP contribution in [-0.2, 0) is 0 Å². The van der Waals surface area contributed by atoms with Gasteiger partial charge in [-0.05, 0) is 37.5 Å². The maximum atomic E-state index is 12.8. The Morgan fingerprint density at radius 1 is 1.29 bits per heavy atom. The van der Waals surface area contributed by atoms with Crippen molar-refractivity contribution in [3.8, 4) is 0 Å². The lowest BCUT2D eigenvalue weighted by Gasteiger charge is -2.32. The molecule has 0 unspecified atom stereocenters. The summed E-state index contributed by atoms with van der Waals surface area (Å²) in [5.41, 5.74) is 1.78. The van der Waals surface area contributed by atoms with Gasteiger partial charge >= 0.3 is 0 Å². The molecular weight excluding hydrogens is 349 g/mol. The molecule has 1 aromatic heterocycles. The number of amides is 1. The molecule has 7 heteroatoms. The van der Waals surface area contributed by atoms with E-state index in [1.807, 2.05) is 6.92 Å². The maximum absolute atomic E-state index is 12.8. The van der Waals surface area contributed by atoms with Crippen molar-refractivity contribution in [2.75, 3.05) is 13.1 Å². The maximum Gasteiger partial charge on any atom is 0.253 e. The Balaban J connectivity index is 1.82. The third-order valence-corrected chi connectivity index (χ3v) is 5.14. The summed E-state index contributed by atoms with van der Waals surface area (Å²) in [5.74, 6) is -0.0465. The second kappa shape index (κ2) is 6.95. The van der Waals surface area contributed by atoms with Crippen molar-refractivity contribution in [3.63, 3.8) is 0 Å². The summed E-state index contributed by atoms with van der Waals surface area (Å²) in [5, 5.41) is 0.964. The van der Waals surface area contributed by atoms with Gasteiger partial charge in [-0.2, -0.15) is 0 Å². The van der Waals surface area contributed by atoms with Crippen molar-refractivity contribution < 1.29 is 4.79 Å². The monoisotopic (exact) mass is 365 g/mol. The first-order chi connectivity index (χ1) is 11.5. The van der Waals surface area contributed by atoms with E-state index < -0.39 is 0 Å². The van der Waals surface area contributed by atoms with Crippen molar-refractivity contribution in [2.45, 2.75) is 25.7 Å². The Morgan fingerprint density at radius 2 is 2.00 bits per heavy atom. The van der Waals surface area contributed by atoms with E-state index >= 15 is 0 Å². The number of nitrogens with zero attached hydrogens (tertiary/aromatic N) is 2. The van der Waals surface area contributed by atoms with Gasteiger partial charge in [-0.25, -0.2) is 4.98 Å². The van der Waals surface area contributed by atoms with Gasteiger partial charge in [0.2, 0.25) is 0 Å². The number of likely N-dealkylation sites (tertiary alicyclic amines) is 1. The van der Waals surface area contributed by atoms with E-state index in [0.29, 0.717) is 28.7 Å². The fourth-order valence-electron chi connectivity index (χ4n) is 2.96. The summed E-state index contributed by atoms with van der Waals surface area (Å²) in [4.78, 5) is 32.8. The molecule has 1 N–H and O–H groups in total. The molecule has 0 radical (unpaired) electrons. The average molecular weight is 366 g/mol. The van der Waals surface area contributed by atoms with Gasteiger partial charge in [0.15, 0.2) is 0 Å². The van der Waals surface area contributed by atoms with Gasteiger partial charge in [0, 0.05) is 40.7 Å². The third-order valence-electron chi connectivity index (χ3n) is 4.35. The zero-order valence-electron chi connectivity index (χ0n) is 13.2. The normalized spacial score (nSPS) is 17.8. The van der Waals surface area contributed by atoms with Gasteiger partial charge in [0.25, 0.3) is 11.5 Å². The Kier molecular flexibility index (Phi) is 4.92. The summed E-state index contributed by atoms with van der Waals surface area (Å²) in [6, 6.07) is 4.80. The number of nitrogens with one attached hydrogen (secondary N) is 1. The molecule has 1 saturated heterocycles. The van der Waals surface area contributed by atoms with Crippen LogP contribution in [0.1, 0.15) is 40.4 Å². The van der Waals surface area contributed by atoms with Crippen molar-refractivity contribution in [2.24, 2.45) is 0 Å². The van der Waals surface area contributed by atoms with Crippen molar-refractivity contribution in [1.29, 1.82) is 0 Å². The number of carbonyl (C=O) groups is 1. The predicted octanol–water partition coefficient (Wildman–Crippen LogP) is 3.40. The van der Waals surface area contributed by atoms with Crippen LogP contribution in [0.15, 0.2) is 29.3 Å².